The second kappa shape index (κ2) is 8.34. The number of halogens is 6. The molecule has 1 aliphatic carbocycles. The van der Waals surface area contributed by atoms with E-state index < -0.39 is 18.4 Å². The van der Waals surface area contributed by atoms with Crippen LogP contribution in [-0.2, 0) is 11.3 Å². The van der Waals surface area contributed by atoms with Gasteiger partial charge < -0.3 is 9.47 Å². The number of rotatable bonds is 5. The standard InChI is InChI=1S/C21H15F6N3O3/c22-20(23,24)32-16-6-1-13(2-7-16)11-30-19(31)29-12-15(5-10-18(29)28-30)14-3-8-17(9-4-14)33-21(25,26)27/h1-3,5-10,12,14H,4,11H2. The molecule has 0 saturated heterocycles. The van der Waals surface area contributed by atoms with Gasteiger partial charge in [0.1, 0.15) is 11.5 Å². The summed E-state index contributed by atoms with van der Waals surface area (Å²) in [6.45, 7) is 0.0202. The van der Waals surface area contributed by atoms with Gasteiger partial charge in [-0.3, -0.25) is 0 Å². The Morgan fingerprint density at radius 1 is 0.970 bits per heavy atom. The summed E-state index contributed by atoms with van der Waals surface area (Å²) in [6.07, 6.45) is -3.65. The Labute approximate surface area is 182 Å². The van der Waals surface area contributed by atoms with Gasteiger partial charge >= 0.3 is 18.4 Å². The molecule has 12 heteroatoms. The van der Waals surface area contributed by atoms with Gasteiger partial charge in [0.05, 0.1) is 6.54 Å². The van der Waals surface area contributed by atoms with Crippen LogP contribution in [0.3, 0.4) is 0 Å². The molecule has 1 aromatic carbocycles. The van der Waals surface area contributed by atoms with Gasteiger partial charge in [-0.1, -0.05) is 24.3 Å². The highest BCUT2D eigenvalue weighted by Gasteiger charge is 2.32. The van der Waals surface area contributed by atoms with Crippen LogP contribution in [0.15, 0.2) is 71.4 Å². The first-order chi connectivity index (χ1) is 15.5. The van der Waals surface area contributed by atoms with Gasteiger partial charge in [-0.25, -0.2) is 13.9 Å². The smallest absolute Gasteiger partial charge is 0.406 e. The lowest BCUT2D eigenvalue weighted by Crippen LogP contribution is -2.22. The quantitative estimate of drug-likeness (QED) is 0.497. The van der Waals surface area contributed by atoms with E-state index in [1.165, 1.54) is 28.7 Å². The van der Waals surface area contributed by atoms with E-state index in [4.69, 9.17) is 0 Å². The zero-order chi connectivity index (χ0) is 23.8. The SMILES string of the molecule is O=c1n(Cc2ccc(OC(F)(F)F)cc2)nc2ccc(C3C=CC(OC(F)(F)F)=CC3)cn12. The number of allylic oxidation sites excluding steroid dienone is 3. The minimum Gasteiger partial charge on any atom is -0.406 e. The highest BCUT2D eigenvalue weighted by atomic mass is 19.4. The van der Waals surface area contributed by atoms with Crippen LogP contribution in [0.5, 0.6) is 5.75 Å². The first kappa shape index (κ1) is 22.5. The van der Waals surface area contributed by atoms with Gasteiger partial charge in [-0.2, -0.15) is 0 Å². The van der Waals surface area contributed by atoms with Gasteiger partial charge in [-0.05, 0) is 47.9 Å². The molecule has 2 aromatic heterocycles. The van der Waals surface area contributed by atoms with Crippen LogP contribution in [0, 0.1) is 0 Å². The first-order valence-corrected chi connectivity index (χ1v) is 9.55. The normalized spacial score (nSPS) is 16.7. The van der Waals surface area contributed by atoms with E-state index in [1.54, 1.807) is 24.4 Å². The molecule has 0 aliphatic heterocycles. The average Bonchev–Trinajstić information content (AvgIpc) is 3.03. The maximum atomic E-state index is 12.7. The molecule has 0 amide bonds. The molecular formula is C21H15F6N3O3. The van der Waals surface area contributed by atoms with Crippen molar-refractivity contribution in [3.8, 4) is 5.75 Å². The molecule has 0 N–H and O–H groups in total. The number of fused-ring (bicyclic) bond motifs is 1. The minimum absolute atomic E-state index is 0.0202. The molecule has 4 rings (SSSR count). The van der Waals surface area contributed by atoms with Gasteiger partial charge in [0.25, 0.3) is 0 Å². The van der Waals surface area contributed by atoms with Crippen molar-refractivity contribution in [3.05, 3.63) is 88.2 Å². The van der Waals surface area contributed by atoms with Gasteiger partial charge in [0.2, 0.25) is 0 Å². The summed E-state index contributed by atoms with van der Waals surface area (Å²) in [5.74, 6) is -0.931. The molecule has 3 aromatic rings. The second-order valence-electron chi connectivity index (χ2n) is 7.18. The molecule has 1 unspecified atom stereocenters. The molecule has 0 saturated carbocycles. The summed E-state index contributed by atoms with van der Waals surface area (Å²) < 4.78 is 84.0. The number of alkyl halides is 6. The van der Waals surface area contributed by atoms with Crippen LogP contribution in [0.1, 0.15) is 23.5 Å². The Hall–Kier alpha value is -3.70. The molecule has 2 heterocycles. The third kappa shape index (κ3) is 5.57. The number of ether oxygens (including phenoxy) is 2. The van der Waals surface area contributed by atoms with E-state index in [9.17, 15) is 31.1 Å². The Morgan fingerprint density at radius 3 is 2.27 bits per heavy atom. The maximum Gasteiger partial charge on any atom is 0.573 e. The van der Waals surface area contributed by atoms with Crippen molar-refractivity contribution in [3.63, 3.8) is 0 Å². The topological polar surface area (TPSA) is 57.8 Å². The summed E-state index contributed by atoms with van der Waals surface area (Å²) >= 11 is 0. The van der Waals surface area contributed by atoms with Crippen LogP contribution >= 0.6 is 0 Å². The van der Waals surface area contributed by atoms with Gasteiger partial charge in [0.15, 0.2) is 5.65 Å². The van der Waals surface area contributed by atoms with E-state index in [0.717, 1.165) is 16.8 Å². The molecule has 0 spiro atoms. The fourth-order valence-electron chi connectivity index (χ4n) is 3.38. The summed E-state index contributed by atoms with van der Waals surface area (Å²) in [4.78, 5) is 12.7. The molecule has 1 aliphatic rings. The zero-order valence-corrected chi connectivity index (χ0v) is 16.6. The van der Waals surface area contributed by atoms with Crippen molar-refractivity contribution >= 4 is 5.65 Å². The summed E-state index contributed by atoms with van der Waals surface area (Å²) in [7, 11) is 0. The molecule has 33 heavy (non-hydrogen) atoms. The molecule has 6 nitrogen and oxygen atoms in total. The fraction of sp³-hybridized carbons (Fsp3) is 0.238. The monoisotopic (exact) mass is 471 g/mol. The number of pyridine rings is 1. The Kier molecular flexibility index (Phi) is 5.68. The molecule has 0 radical (unpaired) electrons. The highest BCUT2D eigenvalue weighted by molar-refractivity contribution is 5.41. The van der Waals surface area contributed by atoms with E-state index in [2.05, 4.69) is 14.6 Å². The Morgan fingerprint density at radius 2 is 1.67 bits per heavy atom. The molecule has 0 bridgehead atoms. The van der Waals surface area contributed by atoms with Crippen LogP contribution in [0.25, 0.3) is 5.65 Å². The maximum absolute atomic E-state index is 12.7. The number of nitrogens with zero attached hydrogens (tertiary/aromatic N) is 3. The van der Waals surface area contributed by atoms with E-state index >= 15 is 0 Å². The summed E-state index contributed by atoms with van der Waals surface area (Å²) in [5, 5.41) is 4.21. The lowest BCUT2D eigenvalue weighted by atomic mass is 9.93. The number of hydrogen-bond acceptors (Lipinski definition) is 4. The van der Waals surface area contributed by atoms with E-state index in [0.29, 0.717) is 16.8 Å². The Bertz CT molecular complexity index is 1270. The highest BCUT2D eigenvalue weighted by Crippen LogP contribution is 2.30. The second-order valence-corrected chi connectivity index (χ2v) is 7.18. The third-order valence-electron chi connectivity index (χ3n) is 4.82. The van der Waals surface area contributed by atoms with Gasteiger partial charge in [-0.15, -0.1) is 31.4 Å². The van der Waals surface area contributed by atoms with Crippen LogP contribution in [0.4, 0.5) is 26.3 Å². The number of hydrogen-bond donors (Lipinski definition) is 0. The first-order valence-electron chi connectivity index (χ1n) is 9.55. The predicted octanol–water partition coefficient (Wildman–Crippen LogP) is 4.91. The predicted molar refractivity (Wildman–Crippen MR) is 103 cm³/mol. The lowest BCUT2D eigenvalue weighted by Gasteiger charge is -2.17. The zero-order valence-electron chi connectivity index (χ0n) is 16.6. The number of aromatic nitrogens is 3. The van der Waals surface area contributed by atoms with Crippen molar-refractivity contribution in [2.75, 3.05) is 0 Å². The van der Waals surface area contributed by atoms with E-state index in [1.807, 2.05) is 0 Å². The third-order valence-corrected chi connectivity index (χ3v) is 4.82. The molecule has 1 atom stereocenters. The van der Waals surface area contributed by atoms with Gasteiger partial charge in [0, 0.05) is 12.1 Å². The van der Waals surface area contributed by atoms with Crippen molar-refractivity contribution < 1.29 is 35.8 Å². The minimum atomic E-state index is -4.80. The van der Waals surface area contributed by atoms with Crippen LogP contribution in [0.2, 0.25) is 0 Å². The average molecular weight is 471 g/mol. The number of benzene rings is 1. The molecule has 0 fully saturated rings. The molecule has 174 valence electrons. The summed E-state index contributed by atoms with van der Waals surface area (Å²) in [5.41, 5.74) is 1.10. The summed E-state index contributed by atoms with van der Waals surface area (Å²) in [6, 6.07) is 8.38. The van der Waals surface area contributed by atoms with Crippen molar-refractivity contribution in [1.82, 2.24) is 14.2 Å². The van der Waals surface area contributed by atoms with Crippen molar-refractivity contribution in [1.29, 1.82) is 0 Å². The fourth-order valence-corrected chi connectivity index (χ4v) is 3.38. The Balaban J connectivity index is 1.50. The largest absolute Gasteiger partial charge is 0.573 e. The van der Waals surface area contributed by atoms with Crippen molar-refractivity contribution in [2.24, 2.45) is 0 Å². The van der Waals surface area contributed by atoms with Crippen LogP contribution < -0.4 is 10.4 Å². The lowest BCUT2D eigenvalue weighted by molar-refractivity contribution is -0.303. The molecular weight excluding hydrogens is 456 g/mol. The van der Waals surface area contributed by atoms with Crippen molar-refractivity contribution in [2.45, 2.75) is 31.6 Å². The van der Waals surface area contributed by atoms with Crippen LogP contribution in [-0.4, -0.2) is 26.9 Å². The van der Waals surface area contributed by atoms with E-state index in [-0.39, 0.29) is 30.4 Å².